The maximum absolute atomic E-state index is 12.5. The molecule has 1 aromatic carbocycles. The van der Waals surface area contributed by atoms with Crippen molar-refractivity contribution >= 4 is 34.1 Å². The van der Waals surface area contributed by atoms with Gasteiger partial charge in [0.15, 0.2) is 4.34 Å². The molecule has 0 spiro atoms. The third kappa shape index (κ3) is 4.54. The van der Waals surface area contributed by atoms with Crippen molar-refractivity contribution in [3.63, 3.8) is 0 Å². The summed E-state index contributed by atoms with van der Waals surface area (Å²) < 4.78 is 0.888. The lowest BCUT2D eigenvalue weighted by molar-refractivity contribution is -0.117. The zero-order valence-electron chi connectivity index (χ0n) is 12.2. The van der Waals surface area contributed by atoms with Crippen LogP contribution in [0.2, 0.25) is 0 Å². The van der Waals surface area contributed by atoms with Crippen molar-refractivity contribution in [2.45, 2.75) is 36.9 Å². The van der Waals surface area contributed by atoms with Crippen molar-refractivity contribution in [1.82, 2.24) is 10.2 Å². The van der Waals surface area contributed by atoms with Crippen LogP contribution in [0.15, 0.2) is 34.7 Å². The minimum atomic E-state index is -0.137. The number of nitrogens with zero attached hydrogens (tertiary/aromatic N) is 2. The predicted molar refractivity (Wildman–Crippen MR) is 89.0 cm³/mol. The summed E-state index contributed by atoms with van der Waals surface area (Å²) >= 11 is 3.06. The summed E-state index contributed by atoms with van der Waals surface area (Å²) in [4.78, 5) is 12.5. The average Bonchev–Trinajstić information content (AvgIpc) is 2.93. The highest BCUT2D eigenvalue weighted by atomic mass is 32.2. The summed E-state index contributed by atoms with van der Waals surface area (Å²) in [5, 5.41) is 11.6. The number of nitrogens with one attached hydrogen (secondary N) is 1. The van der Waals surface area contributed by atoms with Crippen molar-refractivity contribution < 1.29 is 4.79 Å². The van der Waals surface area contributed by atoms with Gasteiger partial charge in [0.1, 0.15) is 0 Å². The van der Waals surface area contributed by atoms with E-state index in [0.29, 0.717) is 5.13 Å². The number of rotatable bonds is 7. The van der Waals surface area contributed by atoms with Crippen molar-refractivity contribution in [2.75, 3.05) is 11.1 Å². The first-order valence-electron chi connectivity index (χ1n) is 7.06. The van der Waals surface area contributed by atoms with Crippen molar-refractivity contribution in [3.8, 4) is 0 Å². The van der Waals surface area contributed by atoms with Crippen LogP contribution in [0.4, 0.5) is 5.13 Å². The van der Waals surface area contributed by atoms with E-state index in [4.69, 9.17) is 0 Å². The summed E-state index contributed by atoms with van der Waals surface area (Å²) in [7, 11) is 0. The van der Waals surface area contributed by atoms with Crippen LogP contribution in [-0.4, -0.2) is 21.9 Å². The molecule has 4 nitrogen and oxygen atoms in total. The molecule has 2 rings (SSSR count). The van der Waals surface area contributed by atoms with Gasteiger partial charge in [0.2, 0.25) is 11.0 Å². The summed E-state index contributed by atoms with van der Waals surface area (Å²) in [5.41, 5.74) is 1.05. The molecule has 0 fully saturated rings. The molecule has 0 aliphatic carbocycles. The van der Waals surface area contributed by atoms with Gasteiger partial charge in [0.05, 0.1) is 5.92 Å². The van der Waals surface area contributed by atoms with Gasteiger partial charge in [-0.3, -0.25) is 10.1 Å². The second-order valence-corrected chi connectivity index (χ2v) is 7.04. The van der Waals surface area contributed by atoms with Crippen LogP contribution in [0.1, 0.15) is 38.2 Å². The molecule has 1 atom stereocenters. The molecule has 6 heteroatoms. The number of aromatic nitrogens is 2. The molecule has 0 bridgehead atoms. The van der Waals surface area contributed by atoms with E-state index in [9.17, 15) is 4.79 Å². The van der Waals surface area contributed by atoms with Crippen LogP contribution >= 0.6 is 23.1 Å². The third-order valence-corrected chi connectivity index (χ3v) is 4.85. The van der Waals surface area contributed by atoms with E-state index in [1.54, 1.807) is 11.8 Å². The standard InChI is InChI=1S/C15H19N3OS2/c1-3-8-12(11-9-6-5-7-10-11)13(19)16-14-17-18-15(21-14)20-4-2/h5-7,9-10,12H,3-4,8H2,1-2H3,(H,16,17,19)/t12-/m1/s1. The van der Waals surface area contributed by atoms with E-state index in [1.807, 2.05) is 30.3 Å². The molecular formula is C15H19N3OS2. The number of anilines is 1. The van der Waals surface area contributed by atoms with E-state index in [1.165, 1.54) is 11.3 Å². The van der Waals surface area contributed by atoms with Gasteiger partial charge in [0, 0.05) is 0 Å². The third-order valence-electron chi connectivity index (χ3n) is 3.00. The Labute approximate surface area is 133 Å². The Morgan fingerprint density at radius 3 is 2.71 bits per heavy atom. The lowest BCUT2D eigenvalue weighted by Gasteiger charge is -2.15. The Hall–Kier alpha value is -1.40. The first kappa shape index (κ1) is 16.0. The predicted octanol–water partition coefficient (Wildman–Crippen LogP) is 4.17. The number of carbonyl (C=O) groups is 1. The summed E-state index contributed by atoms with van der Waals surface area (Å²) in [6.07, 6.45) is 1.78. The van der Waals surface area contributed by atoms with Gasteiger partial charge >= 0.3 is 0 Å². The first-order chi connectivity index (χ1) is 10.2. The number of hydrogen-bond donors (Lipinski definition) is 1. The molecule has 112 valence electrons. The van der Waals surface area contributed by atoms with Crippen molar-refractivity contribution in [1.29, 1.82) is 0 Å². The van der Waals surface area contributed by atoms with E-state index in [2.05, 4.69) is 29.4 Å². The number of hydrogen-bond acceptors (Lipinski definition) is 5. The van der Waals surface area contributed by atoms with Crippen LogP contribution < -0.4 is 5.32 Å². The molecule has 21 heavy (non-hydrogen) atoms. The first-order valence-corrected chi connectivity index (χ1v) is 8.86. The molecule has 0 radical (unpaired) electrons. The average molecular weight is 321 g/mol. The van der Waals surface area contributed by atoms with Gasteiger partial charge < -0.3 is 0 Å². The SMILES string of the molecule is CCC[C@@H](C(=O)Nc1nnc(SCC)s1)c1ccccc1. The second-order valence-electron chi connectivity index (χ2n) is 4.55. The van der Waals surface area contributed by atoms with Gasteiger partial charge in [-0.1, -0.05) is 73.7 Å². The summed E-state index contributed by atoms with van der Waals surface area (Å²) in [6.45, 7) is 4.15. The smallest absolute Gasteiger partial charge is 0.233 e. The number of thioether (sulfide) groups is 1. The number of carbonyl (C=O) groups excluding carboxylic acids is 1. The molecule has 1 N–H and O–H groups in total. The van der Waals surface area contributed by atoms with Crippen LogP contribution in [0.5, 0.6) is 0 Å². The van der Waals surface area contributed by atoms with E-state index in [-0.39, 0.29) is 11.8 Å². The fraction of sp³-hybridized carbons (Fsp3) is 0.400. The summed E-state index contributed by atoms with van der Waals surface area (Å²) in [6, 6.07) is 9.89. The van der Waals surface area contributed by atoms with Gasteiger partial charge in [-0.25, -0.2) is 0 Å². The fourth-order valence-corrected chi connectivity index (χ4v) is 3.71. The highest BCUT2D eigenvalue weighted by Crippen LogP contribution is 2.27. The van der Waals surface area contributed by atoms with E-state index in [0.717, 1.165) is 28.5 Å². The van der Waals surface area contributed by atoms with Gasteiger partial charge in [-0.2, -0.15) is 0 Å². The summed E-state index contributed by atoms with van der Waals surface area (Å²) in [5.74, 6) is 0.806. The van der Waals surface area contributed by atoms with Crippen molar-refractivity contribution in [3.05, 3.63) is 35.9 Å². The molecule has 1 amide bonds. The molecular weight excluding hydrogens is 302 g/mol. The Bertz CT molecular complexity index is 571. The van der Waals surface area contributed by atoms with Crippen LogP contribution in [0.3, 0.4) is 0 Å². The molecule has 0 aliphatic rings. The highest BCUT2D eigenvalue weighted by molar-refractivity contribution is 8.01. The van der Waals surface area contributed by atoms with Crippen molar-refractivity contribution in [2.24, 2.45) is 0 Å². The molecule has 1 aromatic heterocycles. The Kier molecular flexibility index (Phi) is 6.20. The normalized spacial score (nSPS) is 12.1. The zero-order chi connectivity index (χ0) is 15.1. The lowest BCUT2D eigenvalue weighted by Crippen LogP contribution is -2.21. The van der Waals surface area contributed by atoms with E-state index < -0.39 is 0 Å². The minimum Gasteiger partial charge on any atom is -0.300 e. The Morgan fingerprint density at radius 1 is 1.29 bits per heavy atom. The molecule has 1 heterocycles. The van der Waals surface area contributed by atoms with Crippen LogP contribution in [0.25, 0.3) is 0 Å². The molecule has 0 unspecified atom stereocenters. The minimum absolute atomic E-state index is 0.00718. The second kappa shape index (κ2) is 8.14. The topological polar surface area (TPSA) is 54.9 Å². The number of amides is 1. The van der Waals surface area contributed by atoms with Crippen LogP contribution in [-0.2, 0) is 4.79 Å². The zero-order valence-corrected chi connectivity index (χ0v) is 13.8. The molecule has 2 aromatic rings. The lowest BCUT2D eigenvalue weighted by atomic mass is 9.94. The quantitative estimate of drug-likeness (QED) is 0.614. The highest BCUT2D eigenvalue weighted by Gasteiger charge is 2.20. The monoisotopic (exact) mass is 321 g/mol. The van der Waals surface area contributed by atoms with Gasteiger partial charge in [-0.05, 0) is 17.7 Å². The van der Waals surface area contributed by atoms with Crippen LogP contribution in [0, 0.1) is 0 Å². The maximum Gasteiger partial charge on any atom is 0.233 e. The van der Waals surface area contributed by atoms with E-state index >= 15 is 0 Å². The fourth-order valence-electron chi connectivity index (χ4n) is 2.06. The largest absolute Gasteiger partial charge is 0.300 e. The molecule has 0 saturated carbocycles. The number of benzene rings is 1. The Morgan fingerprint density at radius 2 is 2.05 bits per heavy atom. The maximum atomic E-state index is 12.5. The molecule has 0 aliphatic heterocycles. The molecule has 0 saturated heterocycles. The van der Waals surface area contributed by atoms with Gasteiger partial charge in [0.25, 0.3) is 0 Å². The Balaban J connectivity index is 2.07. The van der Waals surface area contributed by atoms with Gasteiger partial charge in [-0.15, -0.1) is 10.2 Å².